The van der Waals surface area contributed by atoms with Crippen LogP contribution in [0.15, 0.2) is 40.9 Å². The molecule has 0 N–H and O–H groups in total. The summed E-state index contributed by atoms with van der Waals surface area (Å²) in [6, 6.07) is 8.75. The van der Waals surface area contributed by atoms with Crippen molar-refractivity contribution in [3.63, 3.8) is 0 Å². The molecule has 0 bridgehead atoms. The van der Waals surface area contributed by atoms with E-state index in [9.17, 15) is 13.6 Å². The summed E-state index contributed by atoms with van der Waals surface area (Å²) in [6.45, 7) is 0. The summed E-state index contributed by atoms with van der Waals surface area (Å²) in [5.41, 5.74) is -0.121. The van der Waals surface area contributed by atoms with Crippen LogP contribution in [0.25, 0.3) is 0 Å². The third kappa shape index (κ3) is 3.21. The van der Waals surface area contributed by atoms with Crippen LogP contribution in [0.3, 0.4) is 0 Å². The molecule has 110 valence electrons. The van der Waals surface area contributed by atoms with Crippen molar-refractivity contribution in [2.45, 2.75) is 0 Å². The zero-order chi connectivity index (χ0) is 15.6. The largest absolute Gasteiger partial charge is 0.497 e. The van der Waals surface area contributed by atoms with Gasteiger partial charge in [-0.3, -0.25) is 4.79 Å². The lowest BCUT2D eigenvalue weighted by Crippen LogP contribution is -2.28. The molecule has 2 aromatic carbocycles. The highest BCUT2D eigenvalue weighted by Crippen LogP contribution is 2.25. The predicted molar refractivity (Wildman–Crippen MR) is 79.8 cm³/mol. The summed E-state index contributed by atoms with van der Waals surface area (Å²) in [7, 11) is 2.94. The van der Waals surface area contributed by atoms with Crippen molar-refractivity contribution in [1.29, 1.82) is 0 Å². The van der Waals surface area contributed by atoms with E-state index in [1.807, 2.05) is 0 Å². The molecule has 3 nitrogen and oxygen atoms in total. The van der Waals surface area contributed by atoms with Gasteiger partial charge in [-0.1, -0.05) is 22.0 Å². The van der Waals surface area contributed by atoms with E-state index >= 15 is 0 Å². The van der Waals surface area contributed by atoms with E-state index in [4.69, 9.17) is 4.74 Å². The number of hydrogen-bond donors (Lipinski definition) is 0. The van der Waals surface area contributed by atoms with Crippen LogP contribution in [-0.4, -0.2) is 20.1 Å². The van der Waals surface area contributed by atoms with Crippen molar-refractivity contribution < 1.29 is 18.3 Å². The SMILES string of the molecule is COc1cccc(N(C)C(=O)c2c(F)cc(Br)cc2F)c1. The van der Waals surface area contributed by atoms with Crippen LogP contribution in [0, 0.1) is 11.6 Å². The molecule has 0 aliphatic carbocycles. The quantitative estimate of drug-likeness (QED) is 0.832. The number of nitrogens with zero attached hydrogens (tertiary/aromatic N) is 1. The molecule has 2 rings (SSSR count). The highest BCUT2D eigenvalue weighted by atomic mass is 79.9. The molecule has 6 heteroatoms. The Hall–Kier alpha value is -1.95. The maximum atomic E-state index is 13.8. The van der Waals surface area contributed by atoms with Gasteiger partial charge in [0.05, 0.1) is 7.11 Å². The first kappa shape index (κ1) is 15.4. The van der Waals surface area contributed by atoms with E-state index in [1.54, 1.807) is 24.3 Å². The van der Waals surface area contributed by atoms with Gasteiger partial charge in [0.1, 0.15) is 22.9 Å². The van der Waals surface area contributed by atoms with E-state index in [1.165, 1.54) is 14.2 Å². The van der Waals surface area contributed by atoms with Gasteiger partial charge in [0.2, 0.25) is 0 Å². The standard InChI is InChI=1S/C15H12BrF2NO2/c1-19(10-4-3-5-11(8-10)21-2)15(20)14-12(17)6-9(16)7-13(14)18/h3-8H,1-2H3. The zero-order valence-corrected chi connectivity index (χ0v) is 12.9. The van der Waals surface area contributed by atoms with Gasteiger partial charge in [-0.05, 0) is 24.3 Å². The van der Waals surface area contributed by atoms with Gasteiger partial charge >= 0.3 is 0 Å². The first-order valence-corrected chi connectivity index (χ1v) is 6.80. The van der Waals surface area contributed by atoms with Gasteiger partial charge in [-0.2, -0.15) is 0 Å². The smallest absolute Gasteiger partial charge is 0.263 e. The Balaban J connectivity index is 2.39. The van der Waals surface area contributed by atoms with Crippen molar-refractivity contribution in [3.05, 3.63) is 58.1 Å². The summed E-state index contributed by atoms with van der Waals surface area (Å²) in [6.07, 6.45) is 0. The molecule has 0 aliphatic heterocycles. The fourth-order valence-corrected chi connectivity index (χ4v) is 2.25. The number of carbonyl (C=O) groups excluding carboxylic acids is 1. The number of carbonyl (C=O) groups is 1. The van der Waals surface area contributed by atoms with Crippen LogP contribution in [-0.2, 0) is 0 Å². The molecule has 0 atom stereocenters. The molecular formula is C15H12BrF2NO2. The minimum atomic E-state index is -0.915. The normalized spacial score (nSPS) is 10.3. The molecule has 0 fully saturated rings. The number of halogens is 3. The van der Waals surface area contributed by atoms with Crippen molar-refractivity contribution in [3.8, 4) is 5.75 Å². The maximum Gasteiger partial charge on any atom is 0.263 e. The average Bonchev–Trinajstić information content (AvgIpc) is 2.45. The average molecular weight is 356 g/mol. The van der Waals surface area contributed by atoms with Gasteiger partial charge in [0, 0.05) is 23.3 Å². The van der Waals surface area contributed by atoms with Gasteiger partial charge < -0.3 is 9.64 Å². The Kier molecular flexibility index (Phi) is 4.57. The molecule has 0 unspecified atom stereocenters. The van der Waals surface area contributed by atoms with Crippen LogP contribution in [0.5, 0.6) is 5.75 Å². The molecular weight excluding hydrogens is 344 g/mol. The monoisotopic (exact) mass is 355 g/mol. The molecule has 0 aliphatic rings. The third-order valence-corrected chi connectivity index (χ3v) is 3.42. The molecule has 2 aromatic rings. The molecule has 0 radical (unpaired) electrons. The topological polar surface area (TPSA) is 29.5 Å². The lowest BCUT2D eigenvalue weighted by Gasteiger charge is -2.18. The molecule has 0 saturated carbocycles. The fraction of sp³-hybridized carbons (Fsp3) is 0.133. The minimum Gasteiger partial charge on any atom is -0.497 e. The summed E-state index contributed by atoms with van der Waals surface area (Å²) in [4.78, 5) is 13.5. The lowest BCUT2D eigenvalue weighted by molar-refractivity contribution is 0.0985. The summed E-state index contributed by atoms with van der Waals surface area (Å²) >= 11 is 2.98. The van der Waals surface area contributed by atoms with Crippen LogP contribution >= 0.6 is 15.9 Å². The van der Waals surface area contributed by atoms with Crippen molar-refractivity contribution >= 4 is 27.5 Å². The summed E-state index contributed by atoms with van der Waals surface area (Å²) < 4.78 is 33.0. The van der Waals surface area contributed by atoms with E-state index in [0.29, 0.717) is 11.4 Å². The first-order valence-electron chi connectivity index (χ1n) is 6.00. The second-order valence-electron chi connectivity index (χ2n) is 4.31. The Morgan fingerprint density at radius 1 is 1.19 bits per heavy atom. The summed E-state index contributed by atoms with van der Waals surface area (Å²) in [5, 5.41) is 0. The molecule has 1 amide bonds. The van der Waals surface area contributed by atoms with Crippen LogP contribution in [0.4, 0.5) is 14.5 Å². The number of methoxy groups -OCH3 is 1. The van der Waals surface area contributed by atoms with Gasteiger partial charge in [0.15, 0.2) is 0 Å². The lowest BCUT2D eigenvalue weighted by atomic mass is 10.1. The zero-order valence-electron chi connectivity index (χ0n) is 11.4. The molecule has 0 spiro atoms. The Bertz CT molecular complexity index is 668. The molecule has 0 aromatic heterocycles. The molecule has 0 heterocycles. The van der Waals surface area contributed by atoms with Crippen molar-refractivity contribution in [2.24, 2.45) is 0 Å². The second-order valence-corrected chi connectivity index (χ2v) is 5.23. The molecule has 21 heavy (non-hydrogen) atoms. The maximum absolute atomic E-state index is 13.8. The molecule has 0 saturated heterocycles. The van der Waals surface area contributed by atoms with E-state index < -0.39 is 23.1 Å². The first-order chi connectivity index (χ1) is 9.93. The van der Waals surface area contributed by atoms with Crippen LogP contribution < -0.4 is 9.64 Å². The van der Waals surface area contributed by atoms with E-state index in [2.05, 4.69) is 15.9 Å². The number of ether oxygens (including phenoxy) is 1. The van der Waals surface area contributed by atoms with E-state index in [-0.39, 0.29) is 4.47 Å². The Morgan fingerprint density at radius 3 is 2.38 bits per heavy atom. The second kappa shape index (κ2) is 6.22. The fourth-order valence-electron chi connectivity index (χ4n) is 1.85. The summed E-state index contributed by atoms with van der Waals surface area (Å²) in [5.74, 6) is -2.06. The number of anilines is 1. The minimum absolute atomic E-state index is 0.234. The number of amides is 1. The predicted octanol–water partition coefficient (Wildman–Crippen LogP) is 4.01. The van der Waals surface area contributed by atoms with Crippen LogP contribution in [0.1, 0.15) is 10.4 Å². The van der Waals surface area contributed by atoms with Gasteiger partial charge in [-0.25, -0.2) is 8.78 Å². The number of rotatable bonds is 3. The number of benzene rings is 2. The highest BCUT2D eigenvalue weighted by molar-refractivity contribution is 9.10. The van der Waals surface area contributed by atoms with Gasteiger partial charge in [0.25, 0.3) is 5.91 Å². The third-order valence-electron chi connectivity index (χ3n) is 2.97. The Morgan fingerprint density at radius 2 is 1.81 bits per heavy atom. The Labute approximate surface area is 129 Å². The van der Waals surface area contributed by atoms with E-state index in [0.717, 1.165) is 17.0 Å². The number of hydrogen-bond acceptors (Lipinski definition) is 2. The van der Waals surface area contributed by atoms with Gasteiger partial charge in [-0.15, -0.1) is 0 Å². The van der Waals surface area contributed by atoms with Crippen molar-refractivity contribution in [2.75, 3.05) is 19.1 Å². The highest BCUT2D eigenvalue weighted by Gasteiger charge is 2.22. The van der Waals surface area contributed by atoms with Crippen molar-refractivity contribution in [1.82, 2.24) is 0 Å². The van der Waals surface area contributed by atoms with Crippen LogP contribution in [0.2, 0.25) is 0 Å².